The number of carbonyl (C=O) groups is 1. The van der Waals surface area contributed by atoms with Crippen LogP contribution in [-0.4, -0.2) is 49.5 Å². The van der Waals surface area contributed by atoms with E-state index in [-0.39, 0.29) is 5.91 Å². The van der Waals surface area contributed by atoms with Gasteiger partial charge in [-0.1, -0.05) is 23.8 Å². The highest BCUT2D eigenvalue weighted by Gasteiger charge is 2.08. The average molecular weight is 347 g/mol. The van der Waals surface area contributed by atoms with Gasteiger partial charge in [0.05, 0.1) is 6.54 Å². The first-order chi connectivity index (χ1) is 12.0. The first kappa shape index (κ1) is 21.0. The Morgan fingerprint density at radius 3 is 2.44 bits per heavy atom. The molecule has 0 unspecified atom stereocenters. The third kappa shape index (κ3) is 7.59. The Morgan fingerprint density at radius 1 is 1.12 bits per heavy atom. The molecule has 140 valence electrons. The van der Waals surface area contributed by atoms with E-state index in [1.807, 2.05) is 25.7 Å². The highest BCUT2D eigenvalue weighted by atomic mass is 16.2. The maximum Gasteiger partial charge on any atom is 0.224 e. The molecule has 2 N–H and O–H groups in total. The summed E-state index contributed by atoms with van der Waals surface area (Å²) >= 11 is 0. The summed E-state index contributed by atoms with van der Waals surface area (Å²) in [6.45, 7) is 14.0. The zero-order valence-electron chi connectivity index (χ0n) is 16.5. The summed E-state index contributed by atoms with van der Waals surface area (Å²) in [5.74, 6) is 0.944. The molecule has 1 aromatic carbocycles. The van der Waals surface area contributed by atoms with Crippen LogP contribution in [0.25, 0.3) is 0 Å². The van der Waals surface area contributed by atoms with Gasteiger partial charge in [-0.2, -0.15) is 0 Å². The van der Waals surface area contributed by atoms with Gasteiger partial charge in [0.25, 0.3) is 0 Å². The second kappa shape index (κ2) is 11.5. The van der Waals surface area contributed by atoms with E-state index in [0.717, 1.165) is 38.6 Å². The van der Waals surface area contributed by atoms with Crippen LogP contribution < -0.4 is 10.6 Å². The van der Waals surface area contributed by atoms with Gasteiger partial charge in [0.15, 0.2) is 5.96 Å². The molecular weight excluding hydrogens is 312 g/mol. The first-order valence-electron chi connectivity index (χ1n) is 9.37. The lowest BCUT2D eigenvalue weighted by Gasteiger charge is -2.18. The zero-order valence-corrected chi connectivity index (χ0v) is 16.5. The summed E-state index contributed by atoms with van der Waals surface area (Å²) < 4.78 is 0. The molecule has 0 heterocycles. The van der Waals surface area contributed by atoms with Crippen molar-refractivity contribution in [1.82, 2.24) is 15.5 Å². The standard InChI is InChI=1S/C20H34N4O/c1-6-21-20(23-14-12-19(25)24(7-2)8-3)22-13-11-18-10-9-16(4)15-17(18)5/h9-10,15H,6-8,11-14H2,1-5H3,(H2,21,22,23). The van der Waals surface area contributed by atoms with E-state index in [0.29, 0.717) is 13.0 Å². The predicted molar refractivity (Wildman–Crippen MR) is 106 cm³/mol. The molecule has 25 heavy (non-hydrogen) atoms. The summed E-state index contributed by atoms with van der Waals surface area (Å²) in [5.41, 5.74) is 3.97. The maximum absolute atomic E-state index is 12.0. The van der Waals surface area contributed by atoms with E-state index in [2.05, 4.69) is 47.7 Å². The van der Waals surface area contributed by atoms with Gasteiger partial charge >= 0.3 is 0 Å². The Morgan fingerprint density at radius 2 is 1.84 bits per heavy atom. The second-order valence-electron chi connectivity index (χ2n) is 6.18. The third-order valence-corrected chi connectivity index (χ3v) is 4.24. The number of guanidine groups is 1. The normalized spacial score (nSPS) is 11.3. The van der Waals surface area contributed by atoms with Crippen molar-refractivity contribution in [1.29, 1.82) is 0 Å². The number of rotatable bonds is 9. The van der Waals surface area contributed by atoms with Gasteiger partial charge in [-0.05, 0) is 52.2 Å². The van der Waals surface area contributed by atoms with Crippen molar-refractivity contribution < 1.29 is 4.79 Å². The van der Waals surface area contributed by atoms with Crippen LogP contribution in [0.1, 0.15) is 43.9 Å². The molecule has 0 bridgehead atoms. The molecule has 1 rings (SSSR count). The van der Waals surface area contributed by atoms with E-state index >= 15 is 0 Å². The molecule has 0 radical (unpaired) electrons. The highest BCUT2D eigenvalue weighted by molar-refractivity contribution is 5.80. The predicted octanol–water partition coefficient (Wildman–Crippen LogP) is 2.66. The molecular formula is C20H34N4O. The van der Waals surface area contributed by atoms with Crippen LogP contribution in [0.3, 0.4) is 0 Å². The second-order valence-corrected chi connectivity index (χ2v) is 6.18. The zero-order chi connectivity index (χ0) is 18.7. The number of amides is 1. The summed E-state index contributed by atoms with van der Waals surface area (Å²) in [4.78, 5) is 18.4. The summed E-state index contributed by atoms with van der Waals surface area (Å²) in [6.07, 6.45) is 1.41. The minimum absolute atomic E-state index is 0.167. The molecule has 1 aromatic rings. The monoisotopic (exact) mass is 346 g/mol. The Balaban J connectivity index is 2.48. The number of carbonyl (C=O) groups excluding carboxylic acids is 1. The minimum atomic E-state index is 0.167. The molecule has 0 fully saturated rings. The molecule has 5 nitrogen and oxygen atoms in total. The fourth-order valence-electron chi connectivity index (χ4n) is 2.78. The summed E-state index contributed by atoms with van der Waals surface area (Å²) in [7, 11) is 0. The molecule has 5 heteroatoms. The summed E-state index contributed by atoms with van der Waals surface area (Å²) in [6, 6.07) is 6.56. The third-order valence-electron chi connectivity index (χ3n) is 4.24. The van der Waals surface area contributed by atoms with E-state index < -0.39 is 0 Å². The maximum atomic E-state index is 12.0. The van der Waals surface area contributed by atoms with Crippen molar-refractivity contribution in [2.24, 2.45) is 4.99 Å². The van der Waals surface area contributed by atoms with Crippen molar-refractivity contribution >= 4 is 11.9 Å². The molecule has 0 aliphatic rings. The summed E-state index contributed by atoms with van der Waals surface area (Å²) in [5, 5.41) is 6.59. The smallest absolute Gasteiger partial charge is 0.224 e. The Bertz CT molecular complexity index is 565. The van der Waals surface area contributed by atoms with Gasteiger partial charge in [0.1, 0.15) is 0 Å². The molecule has 0 aromatic heterocycles. The van der Waals surface area contributed by atoms with Crippen molar-refractivity contribution in [3.05, 3.63) is 34.9 Å². The molecule has 0 saturated heterocycles. The van der Waals surface area contributed by atoms with E-state index in [9.17, 15) is 4.79 Å². The largest absolute Gasteiger partial charge is 0.357 e. The van der Waals surface area contributed by atoms with Crippen molar-refractivity contribution in [2.45, 2.75) is 47.5 Å². The lowest BCUT2D eigenvalue weighted by molar-refractivity contribution is -0.130. The number of hydrogen-bond donors (Lipinski definition) is 2. The van der Waals surface area contributed by atoms with Gasteiger partial charge in [0.2, 0.25) is 5.91 Å². The van der Waals surface area contributed by atoms with Crippen LogP contribution >= 0.6 is 0 Å². The molecule has 0 saturated carbocycles. The Labute approximate surface area is 152 Å². The van der Waals surface area contributed by atoms with Crippen LogP contribution in [0, 0.1) is 13.8 Å². The molecule has 0 aliphatic heterocycles. The number of aliphatic imine (C=N–C) groups is 1. The van der Waals surface area contributed by atoms with Gasteiger partial charge in [-0.15, -0.1) is 0 Å². The number of aryl methyl sites for hydroxylation is 2. The Kier molecular flexibility index (Phi) is 9.66. The molecule has 0 spiro atoms. The highest BCUT2D eigenvalue weighted by Crippen LogP contribution is 2.10. The van der Waals surface area contributed by atoms with Gasteiger partial charge in [-0.3, -0.25) is 9.79 Å². The number of nitrogens with zero attached hydrogens (tertiary/aromatic N) is 2. The molecule has 0 atom stereocenters. The molecule has 1 amide bonds. The van der Waals surface area contributed by atoms with Gasteiger partial charge in [0, 0.05) is 32.6 Å². The average Bonchev–Trinajstić information content (AvgIpc) is 2.58. The van der Waals surface area contributed by atoms with Crippen molar-refractivity contribution in [2.75, 3.05) is 32.7 Å². The van der Waals surface area contributed by atoms with Crippen molar-refractivity contribution in [3.63, 3.8) is 0 Å². The number of benzene rings is 1. The van der Waals surface area contributed by atoms with E-state index in [1.54, 1.807) is 0 Å². The quantitative estimate of drug-likeness (QED) is 0.534. The first-order valence-corrected chi connectivity index (χ1v) is 9.37. The SMILES string of the molecule is CCNC(=NCCC(=O)N(CC)CC)NCCc1ccc(C)cc1C. The van der Waals surface area contributed by atoms with E-state index in [1.165, 1.54) is 16.7 Å². The number of nitrogens with one attached hydrogen (secondary N) is 2. The number of hydrogen-bond acceptors (Lipinski definition) is 2. The van der Waals surface area contributed by atoms with Gasteiger partial charge in [-0.25, -0.2) is 0 Å². The fourth-order valence-corrected chi connectivity index (χ4v) is 2.78. The minimum Gasteiger partial charge on any atom is -0.357 e. The Hall–Kier alpha value is -2.04. The van der Waals surface area contributed by atoms with Crippen LogP contribution in [0.2, 0.25) is 0 Å². The van der Waals surface area contributed by atoms with Crippen LogP contribution in [-0.2, 0) is 11.2 Å². The van der Waals surface area contributed by atoms with E-state index in [4.69, 9.17) is 0 Å². The molecule has 0 aliphatic carbocycles. The fraction of sp³-hybridized carbons (Fsp3) is 0.600. The van der Waals surface area contributed by atoms with Crippen LogP contribution in [0.4, 0.5) is 0 Å². The van der Waals surface area contributed by atoms with Crippen LogP contribution in [0.15, 0.2) is 23.2 Å². The topological polar surface area (TPSA) is 56.7 Å². The van der Waals surface area contributed by atoms with Crippen LogP contribution in [0.5, 0.6) is 0 Å². The lowest BCUT2D eigenvalue weighted by Crippen LogP contribution is -2.38. The lowest BCUT2D eigenvalue weighted by atomic mass is 10.0. The van der Waals surface area contributed by atoms with Gasteiger partial charge < -0.3 is 15.5 Å². The van der Waals surface area contributed by atoms with Crippen molar-refractivity contribution in [3.8, 4) is 0 Å².